The molecular formula is C37H51N9O6. The zero-order valence-corrected chi connectivity index (χ0v) is 29.6. The molecule has 4 rings (SSSR count). The van der Waals surface area contributed by atoms with Gasteiger partial charge >= 0.3 is 5.97 Å². The Bertz CT molecular complexity index is 1610. The number of likely N-dealkylation sites (tertiary alicyclic amines) is 1. The van der Waals surface area contributed by atoms with Crippen molar-refractivity contribution in [1.82, 2.24) is 20.9 Å². The Labute approximate surface area is 303 Å². The number of rotatable bonds is 18. The van der Waals surface area contributed by atoms with Crippen LogP contribution in [-0.2, 0) is 41.6 Å². The van der Waals surface area contributed by atoms with Crippen molar-refractivity contribution in [1.29, 1.82) is 0 Å². The zero-order valence-electron chi connectivity index (χ0n) is 29.6. The molecule has 1 saturated heterocycles. The molecule has 2 aromatic carbocycles. The molecule has 0 unspecified atom stereocenters. The van der Waals surface area contributed by atoms with E-state index in [1.165, 1.54) is 7.11 Å². The van der Waals surface area contributed by atoms with Gasteiger partial charge in [-0.3, -0.25) is 29.0 Å². The molecule has 1 aliphatic carbocycles. The van der Waals surface area contributed by atoms with E-state index >= 15 is 0 Å². The Hall–Kier alpha value is -5.28. The van der Waals surface area contributed by atoms with Crippen LogP contribution in [0.25, 0.3) is 0 Å². The van der Waals surface area contributed by atoms with Gasteiger partial charge in [-0.1, -0.05) is 72.3 Å². The van der Waals surface area contributed by atoms with Crippen molar-refractivity contribution >= 4 is 35.6 Å². The van der Waals surface area contributed by atoms with Crippen LogP contribution < -0.4 is 38.9 Å². The first-order valence-corrected chi connectivity index (χ1v) is 17.5. The van der Waals surface area contributed by atoms with Crippen molar-refractivity contribution in [3.05, 3.63) is 83.4 Å². The molecule has 1 heterocycles. The van der Waals surface area contributed by atoms with E-state index in [1.807, 2.05) is 66.7 Å². The lowest BCUT2D eigenvalue weighted by Crippen LogP contribution is -2.61. The van der Waals surface area contributed by atoms with Crippen LogP contribution in [0.5, 0.6) is 0 Å². The van der Waals surface area contributed by atoms with E-state index in [9.17, 15) is 24.0 Å². The fourth-order valence-electron chi connectivity index (χ4n) is 6.07. The second kappa shape index (κ2) is 18.8. The summed E-state index contributed by atoms with van der Waals surface area (Å²) in [6, 6.07) is 14.5. The summed E-state index contributed by atoms with van der Waals surface area (Å²) in [6.45, 7) is 0.604. The van der Waals surface area contributed by atoms with Crippen LogP contribution in [0.15, 0.2) is 77.3 Å². The van der Waals surface area contributed by atoms with Crippen molar-refractivity contribution in [2.24, 2.45) is 27.9 Å². The van der Waals surface area contributed by atoms with Crippen molar-refractivity contribution in [2.75, 3.05) is 26.7 Å². The highest BCUT2D eigenvalue weighted by Crippen LogP contribution is 2.25. The fourth-order valence-corrected chi connectivity index (χ4v) is 6.07. The Morgan fingerprint density at radius 3 is 1.87 bits per heavy atom. The van der Waals surface area contributed by atoms with Gasteiger partial charge in [-0.2, -0.15) is 0 Å². The molecule has 52 heavy (non-hydrogen) atoms. The Kier molecular flexibility index (Phi) is 14.3. The van der Waals surface area contributed by atoms with Crippen LogP contribution in [0.4, 0.5) is 0 Å². The number of carbonyl (C=O) groups excluding carboxylic acids is 5. The first kappa shape index (κ1) is 39.5. The summed E-state index contributed by atoms with van der Waals surface area (Å²) in [4.78, 5) is 72.8. The fraction of sp³-hybridized carbons (Fsp3) is 0.459. The lowest BCUT2D eigenvalue weighted by atomic mass is 9.88. The van der Waals surface area contributed by atoms with E-state index in [2.05, 4.69) is 20.9 Å². The quantitative estimate of drug-likeness (QED) is 0.0343. The molecule has 2 aromatic rings. The van der Waals surface area contributed by atoms with E-state index in [-0.39, 0.29) is 70.0 Å². The van der Waals surface area contributed by atoms with Crippen LogP contribution in [0.2, 0.25) is 0 Å². The van der Waals surface area contributed by atoms with Gasteiger partial charge < -0.3 is 48.5 Å². The number of benzene rings is 2. The number of carbonyl (C=O) groups is 5. The molecule has 11 N–H and O–H groups in total. The minimum absolute atomic E-state index is 0.0938. The summed E-state index contributed by atoms with van der Waals surface area (Å²) in [5.41, 5.74) is 24.9. The lowest BCUT2D eigenvalue weighted by molar-refractivity contribution is -0.151. The zero-order chi connectivity index (χ0) is 37.7. The normalized spacial score (nSPS) is 16.9. The maximum absolute atomic E-state index is 13.9. The molecule has 4 atom stereocenters. The number of amides is 4. The molecule has 0 saturated carbocycles. The molecule has 15 nitrogen and oxygen atoms in total. The van der Waals surface area contributed by atoms with E-state index < -0.39 is 53.4 Å². The number of piperidine rings is 1. The summed E-state index contributed by atoms with van der Waals surface area (Å²) >= 11 is 0. The molecule has 15 heteroatoms. The molecule has 1 fully saturated rings. The molecule has 4 amide bonds. The van der Waals surface area contributed by atoms with Gasteiger partial charge in [0.1, 0.15) is 23.7 Å². The number of aliphatic imine (C=N–C) groups is 1. The highest BCUT2D eigenvalue weighted by molar-refractivity contribution is 5.95. The van der Waals surface area contributed by atoms with Gasteiger partial charge in [0.25, 0.3) is 0 Å². The summed E-state index contributed by atoms with van der Waals surface area (Å²) in [7, 11) is 1.27. The number of ether oxygens (including phenoxy) is 1. The highest BCUT2D eigenvalue weighted by atomic mass is 16.5. The molecule has 0 bridgehead atoms. The topological polar surface area (TPSA) is 250 Å². The van der Waals surface area contributed by atoms with Gasteiger partial charge in [-0.25, -0.2) is 0 Å². The number of hydrogen-bond acceptors (Lipinski definition) is 9. The minimum atomic E-state index is -1.21. The van der Waals surface area contributed by atoms with Crippen LogP contribution in [-0.4, -0.2) is 96.9 Å². The van der Waals surface area contributed by atoms with Crippen molar-refractivity contribution in [2.45, 2.75) is 81.1 Å². The molecule has 2 aliphatic rings. The molecule has 0 spiro atoms. The average Bonchev–Trinajstić information content (AvgIpc) is 3.96. The van der Waals surface area contributed by atoms with Crippen molar-refractivity contribution in [3.8, 4) is 0 Å². The first-order valence-electron chi connectivity index (χ1n) is 17.5. The molecule has 280 valence electrons. The van der Waals surface area contributed by atoms with Crippen molar-refractivity contribution in [3.63, 3.8) is 0 Å². The van der Waals surface area contributed by atoms with E-state index in [0.717, 1.165) is 16.7 Å². The van der Waals surface area contributed by atoms with Gasteiger partial charge in [-0.15, -0.1) is 0 Å². The van der Waals surface area contributed by atoms with Gasteiger partial charge in [0.2, 0.25) is 23.6 Å². The van der Waals surface area contributed by atoms with Crippen LogP contribution in [0.3, 0.4) is 0 Å². The Balaban J connectivity index is 1.49. The number of methoxy groups -OCH3 is 1. The molecule has 0 radical (unpaired) electrons. The molecular weight excluding hydrogens is 666 g/mol. The third-order valence-corrected chi connectivity index (χ3v) is 9.26. The number of guanidine groups is 1. The van der Waals surface area contributed by atoms with E-state index in [1.54, 1.807) is 4.90 Å². The molecule has 0 aromatic heterocycles. The summed E-state index contributed by atoms with van der Waals surface area (Å²) < 4.78 is 4.85. The number of nitrogens with one attached hydrogen (secondary N) is 3. The van der Waals surface area contributed by atoms with E-state index in [4.69, 9.17) is 27.7 Å². The largest absolute Gasteiger partial charge is 0.468 e. The Morgan fingerprint density at radius 2 is 1.33 bits per heavy atom. The van der Waals surface area contributed by atoms with Crippen LogP contribution in [0, 0.1) is 0 Å². The van der Waals surface area contributed by atoms with Gasteiger partial charge in [-0.05, 0) is 56.1 Å². The summed E-state index contributed by atoms with van der Waals surface area (Å²) in [5.74, 6) is -2.64. The maximum atomic E-state index is 13.9. The predicted molar refractivity (Wildman–Crippen MR) is 196 cm³/mol. The maximum Gasteiger partial charge on any atom is 0.325 e. The summed E-state index contributed by atoms with van der Waals surface area (Å²) in [5, 5.41) is 8.50. The number of nitrogens with two attached hydrogens (primary N) is 4. The van der Waals surface area contributed by atoms with Gasteiger partial charge in [0.05, 0.1) is 13.2 Å². The molecule has 1 aliphatic heterocycles. The van der Waals surface area contributed by atoms with Crippen molar-refractivity contribution < 1.29 is 28.7 Å². The second-order valence-corrected chi connectivity index (χ2v) is 13.4. The Morgan fingerprint density at radius 1 is 0.808 bits per heavy atom. The SMILES string of the molecule is COC(=O)C1(N)CCN(C(=O)[C@@H](CCCN=C(N)N)NC(=O)[C@@H](CC2=CC2)NC(=O)[C@@H](Cc2ccccc2)NC(=O)[C@H](N)Cc2ccccc2)CC1. The predicted octanol–water partition coefficient (Wildman–Crippen LogP) is -0.480. The van der Waals surface area contributed by atoms with Gasteiger partial charge in [0.15, 0.2) is 5.96 Å². The third kappa shape index (κ3) is 11.9. The van der Waals surface area contributed by atoms with E-state index in [0.29, 0.717) is 12.8 Å². The number of allylic oxidation sites excluding steroid dienone is 1. The van der Waals surface area contributed by atoms with Gasteiger partial charge in [0, 0.05) is 26.1 Å². The highest BCUT2D eigenvalue weighted by Gasteiger charge is 2.41. The minimum Gasteiger partial charge on any atom is -0.468 e. The van der Waals surface area contributed by atoms with Crippen LogP contribution in [0.1, 0.15) is 49.7 Å². The standard InChI is InChI=1S/C37H51N9O6/c1-52-35(51)37(41)16-19-46(20-17-37)34(50)28(13-8-18-42-36(39)40)43-32(48)30(23-26-14-15-26)45-33(49)29(22-25-11-6-3-7-12-25)44-31(47)27(38)21-24-9-4-2-5-10-24/h2-7,9-12,14,27-30H,8,13,15-23,38,41H2,1H3,(H,43,48)(H,44,47)(H,45,49)(H4,39,40,42)/t27-,28-,29-,30-/m1/s1. The first-order chi connectivity index (χ1) is 24.9. The average molecular weight is 718 g/mol. The number of nitrogens with zero attached hydrogens (tertiary/aromatic N) is 2. The third-order valence-electron chi connectivity index (χ3n) is 9.26. The lowest BCUT2D eigenvalue weighted by Gasteiger charge is -2.38. The smallest absolute Gasteiger partial charge is 0.325 e. The monoisotopic (exact) mass is 717 g/mol. The number of hydrogen-bond donors (Lipinski definition) is 7. The van der Waals surface area contributed by atoms with Crippen LogP contribution >= 0.6 is 0 Å². The number of esters is 1. The summed E-state index contributed by atoms with van der Waals surface area (Å²) in [6.07, 6.45) is 4.27. The second-order valence-electron chi connectivity index (χ2n) is 13.4.